The fraction of sp³-hybridized carbons (Fsp3) is 0.429. The summed E-state index contributed by atoms with van der Waals surface area (Å²) in [6.07, 6.45) is 2.55. The summed E-state index contributed by atoms with van der Waals surface area (Å²) < 4.78 is 1.06. The Morgan fingerprint density at radius 1 is 1.39 bits per heavy atom. The molecule has 0 spiro atoms. The first-order chi connectivity index (χ1) is 8.66. The molecule has 0 N–H and O–H groups in total. The predicted molar refractivity (Wildman–Crippen MR) is 83.4 cm³/mol. The average Bonchev–Trinajstić information content (AvgIpc) is 2.41. The van der Waals surface area contributed by atoms with E-state index in [2.05, 4.69) is 30.1 Å². The zero-order chi connectivity index (χ0) is 13.4. The van der Waals surface area contributed by atoms with Crippen LogP contribution in [-0.4, -0.2) is 23.4 Å². The Bertz CT molecular complexity index is 437. The van der Waals surface area contributed by atoms with Gasteiger partial charge in [0.15, 0.2) is 0 Å². The van der Waals surface area contributed by atoms with Crippen LogP contribution in [0.15, 0.2) is 35.3 Å². The summed E-state index contributed by atoms with van der Waals surface area (Å²) in [5.41, 5.74) is 1.10. The van der Waals surface area contributed by atoms with Gasteiger partial charge in [0.05, 0.1) is 6.07 Å². The lowest BCUT2D eigenvalue weighted by atomic mass is 9.82. The van der Waals surface area contributed by atoms with Gasteiger partial charge in [0.25, 0.3) is 0 Å². The van der Waals surface area contributed by atoms with Crippen molar-refractivity contribution in [3.05, 3.63) is 35.9 Å². The van der Waals surface area contributed by atoms with Crippen molar-refractivity contribution in [1.29, 1.82) is 5.26 Å². The van der Waals surface area contributed by atoms with Crippen molar-refractivity contribution in [1.82, 2.24) is 0 Å². The molecule has 96 valence electrons. The van der Waals surface area contributed by atoms with Crippen LogP contribution in [0.2, 0.25) is 0 Å². The highest BCUT2D eigenvalue weighted by Gasteiger charge is 2.27. The summed E-state index contributed by atoms with van der Waals surface area (Å²) >= 11 is 3.38. The van der Waals surface area contributed by atoms with Gasteiger partial charge in [0.2, 0.25) is 0 Å². The molecule has 4 heteroatoms. The topological polar surface area (TPSA) is 36.1 Å². The molecule has 1 unspecified atom stereocenters. The van der Waals surface area contributed by atoms with E-state index in [1.807, 2.05) is 31.5 Å². The number of benzene rings is 1. The highest BCUT2D eigenvalue weighted by Crippen LogP contribution is 2.32. The first-order valence-electron chi connectivity index (χ1n) is 5.72. The Morgan fingerprint density at radius 3 is 2.56 bits per heavy atom. The Labute approximate surface area is 118 Å². The van der Waals surface area contributed by atoms with Crippen molar-refractivity contribution < 1.29 is 0 Å². The summed E-state index contributed by atoms with van der Waals surface area (Å²) in [5.74, 6) is 0.873. The zero-order valence-corrected chi connectivity index (χ0v) is 12.6. The van der Waals surface area contributed by atoms with Crippen LogP contribution in [0.1, 0.15) is 18.9 Å². The van der Waals surface area contributed by atoms with E-state index >= 15 is 0 Å². The molecule has 0 radical (unpaired) electrons. The molecule has 1 atom stereocenters. The quantitative estimate of drug-likeness (QED) is 0.618. The number of hydrogen-bond acceptors (Lipinski definition) is 4. The molecule has 0 amide bonds. The van der Waals surface area contributed by atoms with Crippen molar-refractivity contribution >= 4 is 27.9 Å². The molecule has 1 rings (SSSR count). The Kier molecular flexibility index (Phi) is 6.31. The highest BCUT2D eigenvalue weighted by molar-refractivity contribution is 8.38. The first kappa shape index (κ1) is 15.1. The van der Waals surface area contributed by atoms with Crippen LogP contribution in [0.4, 0.5) is 0 Å². The minimum Gasteiger partial charge on any atom is -0.275 e. The molecular weight excluding hydrogens is 260 g/mol. The SMILES string of the molecule is CN=C(SC)SCC(C)(CC#N)c1ccccc1. The monoisotopic (exact) mass is 278 g/mol. The van der Waals surface area contributed by atoms with Crippen LogP contribution in [-0.2, 0) is 5.41 Å². The molecule has 1 aromatic rings. The summed E-state index contributed by atoms with van der Waals surface area (Å²) in [4.78, 5) is 4.22. The summed E-state index contributed by atoms with van der Waals surface area (Å²) in [6.45, 7) is 2.14. The van der Waals surface area contributed by atoms with Crippen LogP contribution >= 0.6 is 23.5 Å². The lowest BCUT2D eigenvalue weighted by molar-refractivity contribution is 0.552. The van der Waals surface area contributed by atoms with Gasteiger partial charge in [-0.1, -0.05) is 49.0 Å². The van der Waals surface area contributed by atoms with Crippen molar-refractivity contribution in [2.24, 2.45) is 4.99 Å². The lowest BCUT2D eigenvalue weighted by Crippen LogP contribution is -2.25. The normalized spacial score (nSPS) is 14.9. The number of thioether (sulfide) groups is 2. The largest absolute Gasteiger partial charge is 0.275 e. The summed E-state index contributed by atoms with van der Waals surface area (Å²) in [5, 5.41) is 9.05. The maximum absolute atomic E-state index is 9.05. The smallest absolute Gasteiger partial charge is 0.124 e. The second kappa shape index (κ2) is 7.50. The van der Waals surface area contributed by atoms with Crippen LogP contribution in [0.25, 0.3) is 0 Å². The first-order valence-corrected chi connectivity index (χ1v) is 7.93. The Hall–Kier alpha value is -0.920. The van der Waals surface area contributed by atoms with Crippen molar-refractivity contribution in [2.45, 2.75) is 18.8 Å². The molecule has 2 nitrogen and oxygen atoms in total. The van der Waals surface area contributed by atoms with E-state index in [-0.39, 0.29) is 5.41 Å². The number of hydrogen-bond donors (Lipinski definition) is 0. The van der Waals surface area contributed by atoms with Gasteiger partial charge < -0.3 is 0 Å². The van der Waals surface area contributed by atoms with Crippen molar-refractivity contribution in [3.8, 4) is 6.07 Å². The highest BCUT2D eigenvalue weighted by atomic mass is 32.2. The van der Waals surface area contributed by atoms with E-state index in [9.17, 15) is 0 Å². The maximum atomic E-state index is 9.05. The van der Waals surface area contributed by atoms with Crippen LogP contribution < -0.4 is 0 Å². The Balaban J connectivity index is 2.85. The molecule has 1 aromatic carbocycles. The van der Waals surface area contributed by atoms with E-state index in [4.69, 9.17) is 5.26 Å². The molecule has 0 fully saturated rings. The molecular formula is C14H18N2S2. The van der Waals surface area contributed by atoms with Gasteiger partial charge in [-0.3, -0.25) is 4.99 Å². The van der Waals surface area contributed by atoms with Crippen LogP contribution in [0.3, 0.4) is 0 Å². The standard InChI is InChI=1S/C14H18N2S2/c1-14(9-10-15,11-18-13(16-2)17-3)12-7-5-4-6-8-12/h4-8H,9,11H2,1-3H3. The van der Waals surface area contributed by atoms with Gasteiger partial charge in [0.1, 0.15) is 4.38 Å². The minimum atomic E-state index is -0.119. The van der Waals surface area contributed by atoms with E-state index in [1.165, 1.54) is 5.56 Å². The Morgan fingerprint density at radius 2 is 2.06 bits per heavy atom. The maximum Gasteiger partial charge on any atom is 0.124 e. The minimum absolute atomic E-state index is 0.119. The molecule has 0 aliphatic carbocycles. The number of aliphatic imine (C=N–C) groups is 1. The molecule has 0 saturated carbocycles. The second-order valence-electron chi connectivity index (χ2n) is 4.24. The van der Waals surface area contributed by atoms with Crippen molar-refractivity contribution in [2.75, 3.05) is 19.1 Å². The van der Waals surface area contributed by atoms with Gasteiger partial charge in [0, 0.05) is 24.6 Å². The molecule has 0 aromatic heterocycles. The van der Waals surface area contributed by atoms with Gasteiger partial charge >= 0.3 is 0 Å². The van der Waals surface area contributed by atoms with Gasteiger partial charge in [-0.25, -0.2) is 0 Å². The van der Waals surface area contributed by atoms with Crippen LogP contribution in [0, 0.1) is 11.3 Å². The number of nitriles is 1. The van der Waals surface area contributed by atoms with E-state index in [0.717, 1.165) is 10.1 Å². The number of nitrogens with zero attached hydrogens (tertiary/aromatic N) is 2. The predicted octanol–water partition coefficient (Wildman–Crippen LogP) is 3.94. The molecule has 0 aliphatic heterocycles. The van der Waals surface area contributed by atoms with Gasteiger partial charge in [-0.2, -0.15) is 5.26 Å². The van der Waals surface area contributed by atoms with E-state index in [1.54, 1.807) is 23.5 Å². The number of rotatable bonds is 4. The molecule has 0 bridgehead atoms. The van der Waals surface area contributed by atoms with Gasteiger partial charge in [-0.05, 0) is 11.8 Å². The fourth-order valence-corrected chi connectivity index (χ4v) is 3.36. The fourth-order valence-electron chi connectivity index (χ4n) is 1.69. The third-order valence-electron chi connectivity index (χ3n) is 2.81. The van der Waals surface area contributed by atoms with E-state index in [0.29, 0.717) is 6.42 Å². The van der Waals surface area contributed by atoms with Crippen LogP contribution in [0.5, 0.6) is 0 Å². The molecule has 0 saturated heterocycles. The van der Waals surface area contributed by atoms with Crippen molar-refractivity contribution in [3.63, 3.8) is 0 Å². The average molecular weight is 278 g/mol. The summed E-state index contributed by atoms with van der Waals surface area (Å²) in [7, 11) is 1.81. The zero-order valence-electron chi connectivity index (χ0n) is 11.0. The third-order valence-corrected chi connectivity index (χ3v) is 5.41. The summed E-state index contributed by atoms with van der Waals surface area (Å²) in [6, 6.07) is 12.6. The lowest BCUT2D eigenvalue weighted by Gasteiger charge is -2.27. The van der Waals surface area contributed by atoms with Gasteiger partial charge in [-0.15, -0.1) is 11.8 Å². The van der Waals surface area contributed by atoms with E-state index < -0.39 is 0 Å². The molecule has 0 heterocycles. The third kappa shape index (κ3) is 4.08. The molecule has 0 aliphatic rings. The molecule has 18 heavy (non-hydrogen) atoms. The second-order valence-corrected chi connectivity index (χ2v) is 6.26.